The molecule has 0 aliphatic rings. The summed E-state index contributed by atoms with van der Waals surface area (Å²) in [4.78, 5) is 30.8. The van der Waals surface area contributed by atoms with E-state index >= 15 is 0 Å². The predicted molar refractivity (Wildman–Crippen MR) is 87.2 cm³/mol. The molecular formula is C17H16N2O5. The first-order chi connectivity index (χ1) is 11.5. The number of aryl methyl sites for hydroxylation is 1. The maximum atomic E-state index is 12.2. The van der Waals surface area contributed by atoms with Crippen LogP contribution in [0.25, 0.3) is 22.4 Å². The molecule has 0 radical (unpaired) electrons. The van der Waals surface area contributed by atoms with Crippen molar-refractivity contribution in [3.05, 3.63) is 45.6 Å². The van der Waals surface area contributed by atoms with E-state index in [0.717, 1.165) is 7.11 Å². The van der Waals surface area contributed by atoms with Crippen LogP contribution in [0, 0.1) is 6.92 Å². The minimum absolute atomic E-state index is 0.364. The van der Waals surface area contributed by atoms with Crippen LogP contribution in [0.1, 0.15) is 28.7 Å². The first-order valence-electron chi connectivity index (χ1n) is 7.40. The van der Waals surface area contributed by atoms with Gasteiger partial charge in [-0.2, -0.15) is 0 Å². The molecule has 0 bridgehead atoms. The summed E-state index contributed by atoms with van der Waals surface area (Å²) < 4.78 is 10.1. The maximum absolute atomic E-state index is 12.2. The summed E-state index contributed by atoms with van der Waals surface area (Å²) in [6, 6.07) is 5.27. The number of hydrogen-bond donors (Lipinski definition) is 2. The largest absolute Gasteiger partial charge is 0.506 e. The molecule has 2 N–H and O–H groups in total. The first kappa shape index (κ1) is 15.8. The zero-order valence-corrected chi connectivity index (χ0v) is 13.5. The van der Waals surface area contributed by atoms with Crippen LogP contribution in [-0.4, -0.2) is 28.2 Å². The van der Waals surface area contributed by atoms with Crippen molar-refractivity contribution < 1.29 is 19.1 Å². The van der Waals surface area contributed by atoms with E-state index in [4.69, 9.17) is 4.42 Å². The Morgan fingerprint density at radius 2 is 2.17 bits per heavy atom. The third-order valence-electron chi connectivity index (χ3n) is 3.82. The number of carbonyl (C=O) groups is 1. The number of pyridine rings is 1. The number of carbonyl (C=O) groups excluding carboxylic acids is 1. The number of ether oxygens (including phenoxy) is 1. The highest BCUT2D eigenvalue weighted by Gasteiger charge is 2.23. The number of aromatic nitrogens is 2. The zero-order valence-electron chi connectivity index (χ0n) is 13.5. The van der Waals surface area contributed by atoms with Gasteiger partial charge in [-0.05, 0) is 18.6 Å². The van der Waals surface area contributed by atoms with Gasteiger partial charge in [0.2, 0.25) is 0 Å². The van der Waals surface area contributed by atoms with Crippen molar-refractivity contribution >= 4 is 17.1 Å². The number of hydrogen-bond acceptors (Lipinski definition) is 6. The van der Waals surface area contributed by atoms with Gasteiger partial charge < -0.3 is 19.2 Å². The third-order valence-corrected chi connectivity index (χ3v) is 3.82. The zero-order chi connectivity index (χ0) is 17.4. The monoisotopic (exact) mass is 328 g/mol. The molecule has 7 nitrogen and oxygen atoms in total. The Hall–Kier alpha value is -3.09. The Balaban J connectivity index is 2.26. The molecule has 2 heterocycles. The third kappa shape index (κ3) is 2.44. The molecule has 0 fully saturated rings. The number of aromatic hydroxyl groups is 1. The molecule has 0 atom stereocenters. The van der Waals surface area contributed by atoms with Crippen LogP contribution in [0.3, 0.4) is 0 Å². The second-order valence-electron chi connectivity index (χ2n) is 5.29. The van der Waals surface area contributed by atoms with Crippen LogP contribution in [0.5, 0.6) is 5.75 Å². The van der Waals surface area contributed by atoms with E-state index in [1.807, 2.05) is 6.92 Å². The quantitative estimate of drug-likeness (QED) is 0.716. The summed E-state index contributed by atoms with van der Waals surface area (Å²) in [7, 11) is 1.15. The molecule has 0 amide bonds. The Labute approximate surface area is 136 Å². The lowest BCUT2D eigenvalue weighted by atomic mass is 10.0. The van der Waals surface area contributed by atoms with Gasteiger partial charge in [0.1, 0.15) is 11.3 Å². The van der Waals surface area contributed by atoms with Crippen molar-refractivity contribution in [1.82, 2.24) is 9.97 Å². The van der Waals surface area contributed by atoms with Crippen LogP contribution >= 0.6 is 0 Å². The van der Waals surface area contributed by atoms with E-state index in [1.54, 1.807) is 25.1 Å². The summed E-state index contributed by atoms with van der Waals surface area (Å²) >= 11 is 0. The van der Waals surface area contributed by atoms with Gasteiger partial charge in [0.05, 0.1) is 12.8 Å². The number of rotatable bonds is 3. The lowest BCUT2D eigenvalue weighted by Crippen LogP contribution is -2.21. The first-order valence-corrected chi connectivity index (χ1v) is 7.40. The standard InChI is InChI=1S/C17H16N2O5/c1-4-10-14(19-16(21)13(15(10)20)17(22)23-3)9-5-6-11-12(7-9)24-8(2)18-11/h5-7H,4H2,1-3H3,(H2,19,20,21). The Bertz CT molecular complexity index is 1000. The summed E-state index contributed by atoms with van der Waals surface area (Å²) in [6.07, 6.45) is 0.412. The van der Waals surface area contributed by atoms with Gasteiger partial charge in [-0.1, -0.05) is 13.0 Å². The fraction of sp³-hybridized carbons (Fsp3) is 0.235. The fourth-order valence-corrected chi connectivity index (χ4v) is 2.71. The second-order valence-corrected chi connectivity index (χ2v) is 5.29. The van der Waals surface area contributed by atoms with Crippen LogP contribution in [-0.2, 0) is 11.2 Å². The molecule has 1 aromatic carbocycles. The molecule has 124 valence electrons. The van der Waals surface area contributed by atoms with E-state index in [0.29, 0.717) is 40.2 Å². The number of fused-ring (bicyclic) bond motifs is 1. The molecule has 0 saturated heterocycles. The average Bonchev–Trinajstić information content (AvgIpc) is 2.93. The van der Waals surface area contributed by atoms with E-state index in [2.05, 4.69) is 14.7 Å². The molecule has 0 aliphatic heterocycles. The molecular weight excluding hydrogens is 312 g/mol. The second kappa shape index (κ2) is 5.84. The minimum Gasteiger partial charge on any atom is -0.506 e. The highest BCUT2D eigenvalue weighted by Crippen LogP contribution is 2.31. The van der Waals surface area contributed by atoms with Gasteiger partial charge in [0, 0.05) is 18.1 Å². The van der Waals surface area contributed by atoms with E-state index in [-0.39, 0.29) is 5.75 Å². The van der Waals surface area contributed by atoms with Gasteiger partial charge >= 0.3 is 5.97 Å². The Kier molecular flexibility index (Phi) is 3.84. The van der Waals surface area contributed by atoms with Gasteiger partial charge in [0.15, 0.2) is 17.0 Å². The maximum Gasteiger partial charge on any atom is 0.347 e. The van der Waals surface area contributed by atoms with Gasteiger partial charge in [0.25, 0.3) is 5.56 Å². The molecule has 2 aromatic heterocycles. The number of methoxy groups -OCH3 is 1. The SMILES string of the molecule is CCc1c(-c2ccc3nc(C)oc3c2)[nH]c(=O)c(C(=O)OC)c1O. The average molecular weight is 328 g/mol. The molecule has 3 aromatic rings. The molecule has 3 rings (SSSR count). The lowest BCUT2D eigenvalue weighted by molar-refractivity contribution is 0.0595. The van der Waals surface area contributed by atoms with Crippen LogP contribution in [0.2, 0.25) is 0 Å². The summed E-state index contributed by atoms with van der Waals surface area (Å²) in [5.41, 5.74) is 1.71. The molecule has 7 heteroatoms. The smallest absolute Gasteiger partial charge is 0.347 e. The van der Waals surface area contributed by atoms with Crippen molar-refractivity contribution in [1.29, 1.82) is 0 Å². The molecule has 0 unspecified atom stereocenters. The van der Waals surface area contributed by atoms with E-state index in [9.17, 15) is 14.7 Å². The van der Waals surface area contributed by atoms with Gasteiger partial charge in [-0.25, -0.2) is 9.78 Å². The normalized spacial score (nSPS) is 11.0. The number of oxazole rings is 1. The highest BCUT2D eigenvalue weighted by molar-refractivity contribution is 5.93. The minimum atomic E-state index is -0.878. The number of benzene rings is 1. The molecule has 24 heavy (non-hydrogen) atoms. The predicted octanol–water partition coefficient (Wildman–Crippen LogP) is 2.55. The van der Waals surface area contributed by atoms with Crippen LogP contribution < -0.4 is 5.56 Å². The van der Waals surface area contributed by atoms with Crippen LogP contribution in [0.15, 0.2) is 27.4 Å². The van der Waals surface area contributed by atoms with Crippen molar-refractivity contribution in [2.24, 2.45) is 0 Å². The molecule has 0 spiro atoms. The molecule has 0 saturated carbocycles. The fourth-order valence-electron chi connectivity index (χ4n) is 2.71. The summed E-state index contributed by atoms with van der Waals surface area (Å²) in [6.45, 7) is 3.56. The van der Waals surface area contributed by atoms with Gasteiger partial charge in [-0.15, -0.1) is 0 Å². The number of aromatic amines is 1. The van der Waals surface area contributed by atoms with Gasteiger partial charge in [-0.3, -0.25) is 4.79 Å². The van der Waals surface area contributed by atoms with Crippen molar-refractivity contribution in [2.75, 3.05) is 7.11 Å². The highest BCUT2D eigenvalue weighted by atomic mass is 16.5. The molecule has 0 aliphatic carbocycles. The lowest BCUT2D eigenvalue weighted by Gasteiger charge is -2.12. The van der Waals surface area contributed by atoms with Crippen molar-refractivity contribution in [3.63, 3.8) is 0 Å². The van der Waals surface area contributed by atoms with Crippen molar-refractivity contribution in [3.8, 4) is 17.0 Å². The number of H-pyrrole nitrogens is 1. The summed E-state index contributed by atoms with van der Waals surface area (Å²) in [5, 5.41) is 10.4. The van der Waals surface area contributed by atoms with Crippen molar-refractivity contribution in [2.45, 2.75) is 20.3 Å². The Morgan fingerprint density at radius 1 is 1.42 bits per heavy atom. The number of esters is 1. The van der Waals surface area contributed by atoms with Crippen LogP contribution in [0.4, 0.5) is 0 Å². The summed E-state index contributed by atoms with van der Waals surface area (Å²) in [5.74, 6) is -0.705. The van der Waals surface area contributed by atoms with E-state index < -0.39 is 17.1 Å². The topological polar surface area (TPSA) is 105 Å². The number of nitrogens with one attached hydrogen (secondary N) is 1. The number of nitrogens with zero attached hydrogens (tertiary/aromatic N) is 1. The Morgan fingerprint density at radius 3 is 2.83 bits per heavy atom. The van der Waals surface area contributed by atoms with E-state index in [1.165, 1.54) is 0 Å².